The number of aromatic amines is 1. The van der Waals surface area contributed by atoms with E-state index in [1.807, 2.05) is 0 Å². The van der Waals surface area contributed by atoms with Gasteiger partial charge in [-0.05, 0) is 17.7 Å². The fourth-order valence-electron chi connectivity index (χ4n) is 1.46. The Bertz CT molecular complexity index is 471. The number of methoxy groups -OCH3 is 1. The molecule has 0 aliphatic rings. The average molecular weight is 239 g/mol. The maximum absolute atomic E-state index is 10.0. The first-order valence-corrected chi connectivity index (χ1v) is 5.10. The monoisotopic (exact) mass is 238 g/mol. The molecular formula is C11H11ClN2O2. The van der Waals surface area contributed by atoms with Crippen molar-refractivity contribution >= 4 is 11.6 Å². The molecule has 0 saturated heterocycles. The van der Waals surface area contributed by atoms with Gasteiger partial charge in [0.1, 0.15) is 11.9 Å². The largest absolute Gasteiger partial charge is 0.495 e. The van der Waals surface area contributed by atoms with Gasteiger partial charge in [0.2, 0.25) is 0 Å². The van der Waals surface area contributed by atoms with E-state index in [-0.39, 0.29) is 0 Å². The van der Waals surface area contributed by atoms with Crippen LogP contribution in [0.5, 0.6) is 5.75 Å². The lowest BCUT2D eigenvalue weighted by molar-refractivity contribution is 0.220. The highest BCUT2D eigenvalue weighted by atomic mass is 35.5. The Morgan fingerprint density at radius 3 is 2.81 bits per heavy atom. The molecule has 1 heterocycles. The van der Waals surface area contributed by atoms with Crippen LogP contribution in [-0.4, -0.2) is 22.4 Å². The Balaban J connectivity index is 2.31. The SMILES string of the molecule is COc1ccc(C(O)c2cn[nH]c2)cc1Cl. The number of aromatic nitrogens is 2. The van der Waals surface area contributed by atoms with Gasteiger partial charge in [-0.15, -0.1) is 0 Å². The van der Waals surface area contributed by atoms with E-state index >= 15 is 0 Å². The molecule has 2 rings (SSSR count). The number of hydrogen-bond acceptors (Lipinski definition) is 3. The molecule has 1 aromatic carbocycles. The minimum Gasteiger partial charge on any atom is -0.495 e. The number of nitrogens with one attached hydrogen (secondary N) is 1. The third kappa shape index (κ3) is 2.03. The van der Waals surface area contributed by atoms with Gasteiger partial charge in [-0.2, -0.15) is 5.10 Å². The van der Waals surface area contributed by atoms with E-state index in [2.05, 4.69) is 10.2 Å². The maximum Gasteiger partial charge on any atom is 0.137 e. The van der Waals surface area contributed by atoms with Crippen LogP contribution in [0.4, 0.5) is 0 Å². The first-order chi connectivity index (χ1) is 7.72. The summed E-state index contributed by atoms with van der Waals surface area (Å²) in [5.74, 6) is 0.588. The number of hydrogen-bond donors (Lipinski definition) is 2. The van der Waals surface area contributed by atoms with Gasteiger partial charge in [0.05, 0.1) is 18.3 Å². The summed E-state index contributed by atoms with van der Waals surface area (Å²) in [5.41, 5.74) is 1.40. The Labute approximate surface area is 97.8 Å². The van der Waals surface area contributed by atoms with Gasteiger partial charge in [0.15, 0.2) is 0 Å². The van der Waals surface area contributed by atoms with Crippen molar-refractivity contribution in [3.63, 3.8) is 0 Å². The normalized spacial score (nSPS) is 12.4. The molecule has 0 fully saturated rings. The van der Waals surface area contributed by atoms with Gasteiger partial charge in [0.25, 0.3) is 0 Å². The van der Waals surface area contributed by atoms with Crippen molar-refractivity contribution in [3.8, 4) is 5.75 Å². The van der Waals surface area contributed by atoms with Crippen LogP contribution in [-0.2, 0) is 0 Å². The molecule has 0 aliphatic heterocycles. The number of ether oxygens (including phenoxy) is 1. The summed E-state index contributed by atoms with van der Waals surface area (Å²) in [7, 11) is 1.55. The quantitative estimate of drug-likeness (QED) is 0.862. The fraction of sp³-hybridized carbons (Fsp3) is 0.182. The third-order valence-corrected chi connectivity index (χ3v) is 2.62. The molecule has 0 spiro atoms. The molecule has 5 heteroatoms. The summed E-state index contributed by atoms with van der Waals surface area (Å²) in [6.45, 7) is 0. The van der Waals surface area contributed by atoms with Crippen molar-refractivity contribution in [2.45, 2.75) is 6.10 Å². The van der Waals surface area contributed by atoms with Crippen molar-refractivity contribution in [1.29, 1.82) is 0 Å². The smallest absolute Gasteiger partial charge is 0.137 e. The number of H-pyrrole nitrogens is 1. The van der Waals surface area contributed by atoms with Crippen LogP contribution in [0.2, 0.25) is 5.02 Å². The molecule has 4 nitrogen and oxygen atoms in total. The van der Waals surface area contributed by atoms with E-state index in [4.69, 9.17) is 16.3 Å². The number of aliphatic hydroxyl groups excluding tert-OH is 1. The van der Waals surface area contributed by atoms with E-state index in [1.165, 1.54) is 0 Å². The predicted octanol–water partition coefficient (Wildman–Crippen LogP) is 2.15. The molecule has 1 unspecified atom stereocenters. The molecule has 2 aromatic rings. The second kappa shape index (κ2) is 4.55. The van der Waals surface area contributed by atoms with Crippen LogP contribution in [0.15, 0.2) is 30.6 Å². The average Bonchev–Trinajstić information content (AvgIpc) is 2.81. The second-order valence-corrected chi connectivity index (χ2v) is 3.74. The zero-order chi connectivity index (χ0) is 11.5. The summed E-state index contributed by atoms with van der Waals surface area (Å²) in [5, 5.41) is 16.9. The van der Waals surface area contributed by atoms with Crippen LogP contribution in [0.25, 0.3) is 0 Å². The molecule has 1 atom stereocenters. The Morgan fingerprint density at radius 1 is 1.44 bits per heavy atom. The third-order valence-electron chi connectivity index (χ3n) is 2.33. The molecule has 16 heavy (non-hydrogen) atoms. The Morgan fingerprint density at radius 2 is 2.25 bits per heavy atom. The van der Waals surface area contributed by atoms with E-state index < -0.39 is 6.10 Å². The van der Waals surface area contributed by atoms with Crippen LogP contribution in [0.1, 0.15) is 17.2 Å². The summed E-state index contributed by atoms with van der Waals surface area (Å²) < 4.78 is 5.04. The molecule has 84 valence electrons. The molecule has 0 radical (unpaired) electrons. The van der Waals surface area contributed by atoms with Gasteiger partial charge in [-0.3, -0.25) is 5.10 Å². The minimum atomic E-state index is -0.734. The van der Waals surface area contributed by atoms with Crippen LogP contribution < -0.4 is 4.74 Å². The second-order valence-electron chi connectivity index (χ2n) is 3.33. The predicted molar refractivity (Wildman–Crippen MR) is 60.7 cm³/mol. The number of rotatable bonds is 3. The van der Waals surface area contributed by atoms with Crippen LogP contribution in [0, 0.1) is 0 Å². The highest BCUT2D eigenvalue weighted by Gasteiger charge is 2.13. The summed E-state index contributed by atoms with van der Waals surface area (Å²) >= 11 is 5.98. The van der Waals surface area contributed by atoms with Crippen molar-refractivity contribution < 1.29 is 9.84 Å². The maximum atomic E-state index is 10.0. The van der Waals surface area contributed by atoms with E-state index in [9.17, 15) is 5.11 Å². The van der Waals surface area contributed by atoms with Gasteiger partial charge < -0.3 is 9.84 Å². The zero-order valence-corrected chi connectivity index (χ0v) is 9.40. The van der Waals surface area contributed by atoms with Crippen molar-refractivity contribution in [1.82, 2.24) is 10.2 Å². The van der Waals surface area contributed by atoms with Crippen molar-refractivity contribution in [3.05, 3.63) is 46.7 Å². The molecule has 0 amide bonds. The molecular weight excluding hydrogens is 228 g/mol. The number of nitrogens with zero attached hydrogens (tertiary/aromatic N) is 1. The number of benzene rings is 1. The minimum absolute atomic E-state index is 0.475. The van der Waals surface area contributed by atoms with Crippen LogP contribution >= 0.6 is 11.6 Å². The lowest BCUT2D eigenvalue weighted by Crippen LogP contribution is -1.98. The molecule has 0 bridgehead atoms. The van der Waals surface area contributed by atoms with Gasteiger partial charge in [0, 0.05) is 11.8 Å². The topological polar surface area (TPSA) is 58.1 Å². The Kier molecular flexibility index (Phi) is 3.12. The molecule has 0 aliphatic carbocycles. The fourth-order valence-corrected chi connectivity index (χ4v) is 1.72. The van der Waals surface area contributed by atoms with Gasteiger partial charge >= 0.3 is 0 Å². The van der Waals surface area contributed by atoms with Gasteiger partial charge in [-0.1, -0.05) is 17.7 Å². The van der Waals surface area contributed by atoms with Crippen molar-refractivity contribution in [2.75, 3.05) is 7.11 Å². The number of halogens is 1. The first kappa shape index (κ1) is 11.0. The Hall–Kier alpha value is -1.52. The van der Waals surface area contributed by atoms with E-state index in [0.717, 1.165) is 0 Å². The highest BCUT2D eigenvalue weighted by Crippen LogP contribution is 2.29. The van der Waals surface area contributed by atoms with Gasteiger partial charge in [-0.25, -0.2) is 0 Å². The lowest BCUT2D eigenvalue weighted by atomic mass is 10.0. The van der Waals surface area contributed by atoms with E-state index in [0.29, 0.717) is 21.9 Å². The molecule has 2 N–H and O–H groups in total. The standard InChI is InChI=1S/C11H11ClN2O2/c1-16-10-3-2-7(4-9(10)12)11(15)8-5-13-14-6-8/h2-6,11,15H,1H3,(H,13,14). The lowest BCUT2D eigenvalue weighted by Gasteiger charge is -2.10. The first-order valence-electron chi connectivity index (χ1n) is 4.72. The molecule has 0 saturated carbocycles. The van der Waals surface area contributed by atoms with Crippen LogP contribution in [0.3, 0.4) is 0 Å². The summed E-state index contributed by atoms with van der Waals surface area (Å²) in [4.78, 5) is 0. The number of aliphatic hydroxyl groups is 1. The highest BCUT2D eigenvalue weighted by molar-refractivity contribution is 6.32. The summed E-state index contributed by atoms with van der Waals surface area (Å²) in [6, 6.07) is 5.17. The molecule has 1 aromatic heterocycles. The summed E-state index contributed by atoms with van der Waals surface area (Å²) in [6.07, 6.45) is 2.48. The zero-order valence-electron chi connectivity index (χ0n) is 8.64. The van der Waals surface area contributed by atoms with E-state index in [1.54, 1.807) is 37.7 Å². The van der Waals surface area contributed by atoms with Crippen molar-refractivity contribution in [2.24, 2.45) is 0 Å².